The quantitative estimate of drug-likeness (QED) is 0.623. The van der Waals surface area contributed by atoms with Gasteiger partial charge in [0.15, 0.2) is 0 Å². The fraction of sp³-hybridized carbons (Fsp3) is 0.182. The predicted octanol–water partition coefficient (Wildman–Crippen LogP) is 5.30. The van der Waals surface area contributed by atoms with Gasteiger partial charge in [0.2, 0.25) is 0 Å². The van der Waals surface area contributed by atoms with Crippen LogP contribution in [0.5, 0.6) is 5.75 Å². The Hall–Kier alpha value is -2.94. The lowest BCUT2D eigenvalue weighted by Crippen LogP contribution is -1.98. The lowest BCUT2D eigenvalue weighted by Gasteiger charge is -2.09. The van der Waals surface area contributed by atoms with E-state index in [0.29, 0.717) is 18.0 Å². The summed E-state index contributed by atoms with van der Waals surface area (Å²) < 4.78 is 5.82. The van der Waals surface area contributed by atoms with Crippen molar-refractivity contribution in [1.82, 2.24) is 0 Å². The molecule has 3 nitrogen and oxygen atoms in total. The van der Waals surface area contributed by atoms with E-state index in [-0.39, 0.29) is 7.43 Å². The molecule has 0 unspecified atom stereocenters. The van der Waals surface area contributed by atoms with Crippen LogP contribution in [0.15, 0.2) is 66.7 Å². The maximum atomic E-state index is 5.82. The minimum absolute atomic E-state index is 0. The SMILES string of the molecule is C.CCc1ccc(-c2ccc(OCc3cc(N)cc(N)c3)cc2)cc1. The van der Waals surface area contributed by atoms with Crippen LogP contribution in [0.1, 0.15) is 25.5 Å². The van der Waals surface area contributed by atoms with Gasteiger partial charge in [0.1, 0.15) is 12.4 Å². The van der Waals surface area contributed by atoms with Crippen LogP contribution in [0, 0.1) is 0 Å². The van der Waals surface area contributed by atoms with E-state index in [1.165, 1.54) is 16.7 Å². The Morgan fingerprint density at radius 3 is 1.76 bits per heavy atom. The van der Waals surface area contributed by atoms with Gasteiger partial charge in [-0.25, -0.2) is 0 Å². The first kappa shape index (κ1) is 18.4. The van der Waals surface area contributed by atoms with Crippen LogP contribution in [0.2, 0.25) is 0 Å². The van der Waals surface area contributed by atoms with Gasteiger partial charge in [-0.3, -0.25) is 0 Å². The molecule has 0 aliphatic carbocycles. The highest BCUT2D eigenvalue weighted by Crippen LogP contribution is 2.24. The molecule has 0 radical (unpaired) electrons. The lowest BCUT2D eigenvalue weighted by atomic mass is 10.0. The number of rotatable bonds is 5. The Morgan fingerprint density at radius 2 is 1.24 bits per heavy atom. The van der Waals surface area contributed by atoms with Crippen molar-refractivity contribution in [2.75, 3.05) is 11.5 Å². The summed E-state index contributed by atoms with van der Waals surface area (Å²) in [5, 5.41) is 0. The highest BCUT2D eigenvalue weighted by molar-refractivity contribution is 5.64. The first-order valence-corrected chi connectivity index (χ1v) is 8.11. The Kier molecular flexibility index (Phi) is 6.07. The molecule has 0 heterocycles. The van der Waals surface area contributed by atoms with E-state index >= 15 is 0 Å². The molecule has 3 aromatic carbocycles. The molecule has 3 heteroatoms. The zero-order valence-corrected chi connectivity index (χ0v) is 13.8. The van der Waals surface area contributed by atoms with Crippen molar-refractivity contribution in [1.29, 1.82) is 0 Å². The van der Waals surface area contributed by atoms with Crippen LogP contribution in [0.3, 0.4) is 0 Å². The summed E-state index contributed by atoms with van der Waals surface area (Å²) in [5.41, 5.74) is 17.6. The third-order valence-electron chi connectivity index (χ3n) is 3.99. The van der Waals surface area contributed by atoms with Crippen LogP contribution in [0.4, 0.5) is 11.4 Å². The molecule has 0 fully saturated rings. The zero-order chi connectivity index (χ0) is 16.9. The van der Waals surface area contributed by atoms with Crippen LogP contribution in [0.25, 0.3) is 11.1 Å². The van der Waals surface area contributed by atoms with Gasteiger partial charge >= 0.3 is 0 Å². The van der Waals surface area contributed by atoms with Gasteiger partial charge in [-0.2, -0.15) is 0 Å². The third kappa shape index (κ3) is 4.77. The van der Waals surface area contributed by atoms with Crippen LogP contribution in [-0.2, 0) is 13.0 Å². The average Bonchev–Trinajstić information content (AvgIpc) is 2.60. The summed E-state index contributed by atoms with van der Waals surface area (Å²) in [5.74, 6) is 0.824. The van der Waals surface area contributed by atoms with E-state index in [0.717, 1.165) is 17.7 Å². The molecule has 0 bridgehead atoms. The molecular weight excluding hydrogens is 308 g/mol. The Bertz CT molecular complexity index is 788. The minimum atomic E-state index is 0. The first-order valence-electron chi connectivity index (χ1n) is 8.11. The Labute approximate surface area is 150 Å². The van der Waals surface area contributed by atoms with E-state index in [1.807, 2.05) is 24.3 Å². The first-order chi connectivity index (χ1) is 11.6. The van der Waals surface area contributed by atoms with E-state index in [4.69, 9.17) is 16.2 Å². The summed E-state index contributed by atoms with van der Waals surface area (Å²) in [6.45, 7) is 2.61. The van der Waals surface area contributed by atoms with Crippen molar-refractivity contribution in [3.63, 3.8) is 0 Å². The highest BCUT2D eigenvalue weighted by Gasteiger charge is 2.01. The molecule has 0 saturated heterocycles. The average molecular weight is 334 g/mol. The second-order valence-electron chi connectivity index (χ2n) is 5.87. The summed E-state index contributed by atoms with van der Waals surface area (Å²) in [4.78, 5) is 0. The maximum Gasteiger partial charge on any atom is 0.119 e. The van der Waals surface area contributed by atoms with Crippen molar-refractivity contribution in [2.24, 2.45) is 0 Å². The molecule has 3 rings (SSSR count). The van der Waals surface area contributed by atoms with E-state index in [1.54, 1.807) is 6.07 Å². The number of nitrogen functional groups attached to an aromatic ring is 2. The normalized spacial score (nSPS) is 10.1. The van der Waals surface area contributed by atoms with E-state index in [9.17, 15) is 0 Å². The van der Waals surface area contributed by atoms with Crippen LogP contribution < -0.4 is 16.2 Å². The minimum Gasteiger partial charge on any atom is -0.489 e. The topological polar surface area (TPSA) is 61.3 Å². The molecule has 4 N–H and O–H groups in total. The van der Waals surface area contributed by atoms with Gasteiger partial charge in [0, 0.05) is 11.4 Å². The molecule has 0 spiro atoms. The molecule has 0 atom stereocenters. The van der Waals surface area contributed by atoms with E-state index in [2.05, 4.69) is 43.3 Å². The maximum absolute atomic E-state index is 5.82. The summed E-state index contributed by atoms with van der Waals surface area (Å²) in [6, 6.07) is 22.3. The van der Waals surface area contributed by atoms with Crippen LogP contribution in [-0.4, -0.2) is 0 Å². The number of nitrogens with two attached hydrogens (primary N) is 2. The summed E-state index contributed by atoms with van der Waals surface area (Å²) in [6.07, 6.45) is 1.06. The summed E-state index contributed by atoms with van der Waals surface area (Å²) >= 11 is 0. The number of hydrogen-bond donors (Lipinski definition) is 2. The van der Waals surface area contributed by atoms with Gasteiger partial charge in [-0.1, -0.05) is 50.7 Å². The molecule has 0 aromatic heterocycles. The number of ether oxygens (including phenoxy) is 1. The van der Waals surface area contributed by atoms with Crippen molar-refractivity contribution >= 4 is 11.4 Å². The number of aryl methyl sites for hydroxylation is 1. The van der Waals surface area contributed by atoms with Crippen molar-refractivity contribution in [3.05, 3.63) is 77.9 Å². The largest absolute Gasteiger partial charge is 0.489 e. The third-order valence-corrected chi connectivity index (χ3v) is 3.99. The molecule has 0 saturated carbocycles. The monoisotopic (exact) mass is 334 g/mol. The number of hydrogen-bond acceptors (Lipinski definition) is 3. The standard InChI is InChI=1S/C21H22N2O.CH4/c1-2-15-3-5-17(6-4-15)18-7-9-21(10-8-18)24-14-16-11-19(22)13-20(23)12-16;/h3-13H,2,14,22-23H2,1H3;1H4. The van der Waals surface area contributed by atoms with Gasteiger partial charge in [-0.15, -0.1) is 0 Å². The van der Waals surface area contributed by atoms with Gasteiger partial charge in [0.05, 0.1) is 0 Å². The molecule has 0 aliphatic rings. The zero-order valence-electron chi connectivity index (χ0n) is 13.8. The fourth-order valence-electron chi connectivity index (χ4n) is 2.67. The molecule has 0 aliphatic heterocycles. The molecule has 3 aromatic rings. The molecular formula is C22H26N2O. The van der Waals surface area contributed by atoms with Crippen molar-refractivity contribution in [2.45, 2.75) is 27.4 Å². The van der Waals surface area contributed by atoms with E-state index < -0.39 is 0 Å². The van der Waals surface area contributed by atoms with Gasteiger partial charge < -0.3 is 16.2 Å². The smallest absolute Gasteiger partial charge is 0.119 e. The molecule has 130 valence electrons. The van der Waals surface area contributed by atoms with Crippen molar-refractivity contribution in [3.8, 4) is 16.9 Å². The molecule has 0 amide bonds. The van der Waals surface area contributed by atoms with Crippen molar-refractivity contribution < 1.29 is 4.74 Å². The van der Waals surface area contributed by atoms with Crippen LogP contribution >= 0.6 is 0 Å². The van der Waals surface area contributed by atoms with Gasteiger partial charge in [0.25, 0.3) is 0 Å². The second-order valence-corrected chi connectivity index (χ2v) is 5.87. The highest BCUT2D eigenvalue weighted by atomic mass is 16.5. The number of benzene rings is 3. The Balaban J connectivity index is 0.00000225. The van der Waals surface area contributed by atoms with Gasteiger partial charge in [-0.05, 0) is 59.0 Å². The second kappa shape index (κ2) is 8.25. The number of anilines is 2. The molecule has 25 heavy (non-hydrogen) atoms. The lowest BCUT2D eigenvalue weighted by molar-refractivity contribution is 0.306. The predicted molar refractivity (Wildman–Crippen MR) is 108 cm³/mol. The Morgan fingerprint density at radius 1 is 0.720 bits per heavy atom. The summed E-state index contributed by atoms with van der Waals surface area (Å²) in [7, 11) is 0. The fourth-order valence-corrected chi connectivity index (χ4v) is 2.67.